The van der Waals surface area contributed by atoms with Crippen molar-refractivity contribution in [1.29, 1.82) is 0 Å². The predicted molar refractivity (Wildman–Crippen MR) is 508 cm³/mol. The molecule has 0 radical (unpaired) electrons. The van der Waals surface area contributed by atoms with Crippen molar-refractivity contribution in [2.24, 2.45) is 0 Å². The van der Waals surface area contributed by atoms with E-state index >= 15 is 0 Å². The number of nitrogens with zero attached hydrogens (tertiary/aromatic N) is 8. The van der Waals surface area contributed by atoms with Crippen LogP contribution in [-0.4, -0.2) is 39.0 Å². The summed E-state index contributed by atoms with van der Waals surface area (Å²) in [7, 11) is 0. The third-order valence-corrected chi connectivity index (χ3v) is 23.8. The van der Waals surface area contributed by atoms with Crippen LogP contribution in [0.1, 0.15) is 0 Å². The van der Waals surface area contributed by atoms with E-state index in [1.165, 1.54) is 27.1 Å². The fourth-order valence-electron chi connectivity index (χ4n) is 17.8. The van der Waals surface area contributed by atoms with Gasteiger partial charge >= 0.3 is 0 Å². The molecule has 24 rings (SSSR count). The van der Waals surface area contributed by atoms with Crippen molar-refractivity contribution in [3.63, 3.8) is 0 Å². The maximum absolute atomic E-state index is 6.54. The summed E-state index contributed by atoms with van der Waals surface area (Å²) in [5.41, 5.74) is 28.7. The van der Waals surface area contributed by atoms with Crippen LogP contribution in [0.15, 0.2) is 446 Å². The average Bonchev–Trinajstić information content (AvgIpc) is 1.63. The summed E-state index contributed by atoms with van der Waals surface area (Å²) in [5.74, 6) is 3.70. The lowest BCUT2D eigenvalue weighted by Crippen LogP contribution is -2.02. The smallest absolute Gasteiger partial charge is 0.164 e. The Bertz CT molecular complexity index is 8090. The Morgan fingerprint density at radius 2 is 0.444 bits per heavy atom. The number of fused-ring (bicyclic) bond motifs is 12. The normalized spacial score (nSPS) is 11.5. The van der Waals surface area contributed by atoms with Crippen LogP contribution >= 0.6 is 0 Å². The zero-order chi connectivity index (χ0) is 82.0. The van der Waals surface area contributed by atoms with Gasteiger partial charge in [-0.15, -0.1) is 0 Å². The monoisotopic (exact) mass is 1580 g/mol. The fraction of sp³-hybridized carbons (Fsp3) is 0. The zero-order valence-corrected chi connectivity index (χ0v) is 67.0. The number of aromatic nitrogens is 8. The van der Waals surface area contributed by atoms with Gasteiger partial charge in [0.25, 0.3) is 0 Å². The SMILES string of the molecule is c1ccc(-c2ccc(-c3cc(-n4c5ccccc5c5ccc(-c6cccc7c6oc6ccccc67)cc54)ccc3-c3nc(-c4ccccc4)nc(-c4ccccc4)n3)cc2)cc1.c1ccc(-c2cccc(-c3cc(-n4c5ccccc5c5ccc(-c6cccc7c6oc6ccccc67)cc54)ccc3-c3nc(-c4ccccc4)nc(-c4ccccc4)n3)c2)cc1. The summed E-state index contributed by atoms with van der Waals surface area (Å²) in [6.45, 7) is 0. The minimum absolute atomic E-state index is 0.604. The van der Waals surface area contributed by atoms with E-state index in [0.29, 0.717) is 34.9 Å². The van der Waals surface area contributed by atoms with Gasteiger partial charge in [-0.25, -0.2) is 29.9 Å². The molecule has 0 saturated heterocycles. The van der Waals surface area contributed by atoms with Crippen molar-refractivity contribution in [2.45, 2.75) is 0 Å². The Kier molecular flexibility index (Phi) is 18.0. The number of rotatable bonds is 14. The van der Waals surface area contributed by atoms with Gasteiger partial charge in [0.1, 0.15) is 22.3 Å². The van der Waals surface area contributed by atoms with Crippen molar-refractivity contribution in [2.75, 3.05) is 0 Å². The first-order valence-corrected chi connectivity index (χ1v) is 41.7. The molecule has 0 amide bonds. The molecule has 6 aromatic heterocycles. The first-order valence-electron chi connectivity index (χ1n) is 41.7. The number of para-hydroxylation sites is 6. The highest BCUT2D eigenvalue weighted by atomic mass is 16.3. The van der Waals surface area contributed by atoms with E-state index in [9.17, 15) is 0 Å². The molecule has 0 bridgehead atoms. The second-order valence-corrected chi connectivity index (χ2v) is 31.2. The lowest BCUT2D eigenvalue weighted by Gasteiger charge is -2.16. The third-order valence-electron chi connectivity index (χ3n) is 23.8. The van der Waals surface area contributed by atoms with Gasteiger partial charge in [-0.2, -0.15) is 0 Å². The third kappa shape index (κ3) is 13.1. The number of hydrogen-bond donors (Lipinski definition) is 0. The predicted octanol–water partition coefficient (Wildman–Crippen LogP) is 29.7. The minimum atomic E-state index is 0.604. The van der Waals surface area contributed by atoms with Gasteiger partial charge in [0.05, 0.1) is 22.1 Å². The summed E-state index contributed by atoms with van der Waals surface area (Å²) in [4.78, 5) is 30.8. The van der Waals surface area contributed by atoms with E-state index in [1.807, 2.05) is 146 Å². The van der Waals surface area contributed by atoms with E-state index in [2.05, 4.69) is 300 Å². The summed E-state index contributed by atoms with van der Waals surface area (Å²) in [6.07, 6.45) is 0. The van der Waals surface area contributed by atoms with Gasteiger partial charge in [-0.05, 0) is 134 Å². The summed E-state index contributed by atoms with van der Waals surface area (Å²) in [6, 6.07) is 153. The molecule has 24 aromatic rings. The molecule has 0 atom stereocenters. The van der Waals surface area contributed by atoms with Crippen molar-refractivity contribution in [1.82, 2.24) is 39.0 Å². The van der Waals surface area contributed by atoms with Crippen molar-refractivity contribution in [3.8, 4) is 146 Å². The van der Waals surface area contributed by atoms with E-state index in [0.717, 1.165) is 172 Å². The molecule has 580 valence electrons. The van der Waals surface area contributed by atoms with Crippen LogP contribution in [-0.2, 0) is 0 Å². The van der Waals surface area contributed by atoms with Crippen LogP contribution in [0.3, 0.4) is 0 Å². The largest absolute Gasteiger partial charge is 0.455 e. The van der Waals surface area contributed by atoms with Crippen LogP contribution in [0.2, 0.25) is 0 Å². The first kappa shape index (κ1) is 72.4. The topological polar surface area (TPSA) is 113 Å². The molecule has 0 saturated carbocycles. The van der Waals surface area contributed by atoms with Gasteiger partial charge in [-0.3, -0.25) is 0 Å². The standard InChI is InChI=1S/2C57H36N4O/c1-4-16-37(17-5-1)40-22-14-23-41(34-40)50-36-43(31-33-49(50)57-59-55(38-18-6-2-7-19-38)58-56(60-57)39-20-8-3-9-21-39)61-51-28-12-10-24-45(51)46-32-30-42(35-52(46)61)44-26-15-27-48-47-25-11-13-29-53(47)62-54(44)48;1-4-15-37(16-5-1)38-27-29-39(30-28-38)50-36-43(32-34-49(50)57-59-55(40-17-6-2-7-18-40)58-56(60-57)41-19-8-3-9-20-41)61-51-25-12-10-21-45(51)46-33-31-42(35-52(46)61)44-23-14-24-48-47-22-11-13-26-53(47)62-54(44)48/h2*1-36H. The van der Waals surface area contributed by atoms with Crippen LogP contribution in [0.4, 0.5) is 0 Å². The summed E-state index contributed by atoms with van der Waals surface area (Å²) < 4.78 is 17.8. The van der Waals surface area contributed by atoms with E-state index in [4.69, 9.17) is 38.7 Å². The highest BCUT2D eigenvalue weighted by Crippen LogP contribution is 2.46. The Labute approximate surface area is 713 Å². The number of hydrogen-bond acceptors (Lipinski definition) is 8. The van der Waals surface area contributed by atoms with Crippen LogP contribution in [0.25, 0.3) is 234 Å². The molecule has 0 aliphatic carbocycles. The van der Waals surface area contributed by atoms with Crippen molar-refractivity contribution in [3.05, 3.63) is 437 Å². The van der Waals surface area contributed by atoms with Crippen LogP contribution < -0.4 is 0 Å². The van der Waals surface area contributed by atoms with Gasteiger partial charge in [-0.1, -0.05) is 358 Å². The van der Waals surface area contributed by atoms with Gasteiger partial charge in [0.2, 0.25) is 0 Å². The van der Waals surface area contributed by atoms with E-state index in [1.54, 1.807) is 0 Å². The van der Waals surface area contributed by atoms with Crippen molar-refractivity contribution < 1.29 is 8.83 Å². The van der Waals surface area contributed by atoms with E-state index < -0.39 is 0 Å². The molecule has 18 aromatic carbocycles. The molecule has 0 aliphatic heterocycles. The summed E-state index contributed by atoms with van der Waals surface area (Å²) in [5, 5.41) is 9.19. The van der Waals surface area contributed by atoms with Gasteiger partial charge < -0.3 is 18.0 Å². The second kappa shape index (κ2) is 30.8. The Morgan fingerprint density at radius 3 is 0.871 bits per heavy atom. The molecular weight excluding hydrogens is 1510 g/mol. The molecule has 10 heteroatoms. The molecule has 6 heterocycles. The first-order chi connectivity index (χ1) is 61.5. The molecular formula is C114H72N8O2. The molecule has 0 fully saturated rings. The highest BCUT2D eigenvalue weighted by molar-refractivity contribution is 6.15. The van der Waals surface area contributed by atoms with Gasteiger partial charge in [0, 0.05) is 99.0 Å². The molecule has 0 spiro atoms. The number of furan rings is 2. The van der Waals surface area contributed by atoms with Crippen molar-refractivity contribution >= 4 is 87.5 Å². The quantitative estimate of drug-likeness (QED) is 0.106. The summed E-state index contributed by atoms with van der Waals surface area (Å²) >= 11 is 0. The molecule has 124 heavy (non-hydrogen) atoms. The van der Waals surface area contributed by atoms with Crippen LogP contribution in [0.5, 0.6) is 0 Å². The lowest BCUT2D eigenvalue weighted by molar-refractivity contribution is 0.669. The van der Waals surface area contributed by atoms with Crippen LogP contribution in [0, 0.1) is 0 Å². The molecule has 0 unspecified atom stereocenters. The highest BCUT2D eigenvalue weighted by Gasteiger charge is 2.25. The van der Waals surface area contributed by atoms with Gasteiger partial charge in [0.15, 0.2) is 34.9 Å². The van der Waals surface area contributed by atoms with E-state index in [-0.39, 0.29) is 0 Å². The zero-order valence-electron chi connectivity index (χ0n) is 67.0. The maximum Gasteiger partial charge on any atom is 0.164 e. The number of benzene rings is 18. The molecule has 10 nitrogen and oxygen atoms in total. The molecule has 0 N–H and O–H groups in total. The Hall–Kier alpha value is -16.8. The minimum Gasteiger partial charge on any atom is -0.455 e. The molecule has 0 aliphatic rings. The maximum atomic E-state index is 6.54. The average molecular weight is 1590 g/mol. The fourth-order valence-corrected chi connectivity index (χ4v) is 17.8. The Morgan fingerprint density at radius 1 is 0.153 bits per heavy atom. The second-order valence-electron chi connectivity index (χ2n) is 31.2. The lowest BCUT2D eigenvalue weighted by atomic mass is 9.94. The Balaban J connectivity index is 0.000000143.